The van der Waals surface area contributed by atoms with E-state index in [0.717, 1.165) is 12.2 Å². The summed E-state index contributed by atoms with van der Waals surface area (Å²) in [7, 11) is 0. The topological polar surface area (TPSA) is 58.4 Å². The first-order valence-corrected chi connectivity index (χ1v) is 6.05. The predicted molar refractivity (Wildman–Crippen MR) is 64.6 cm³/mol. The van der Waals surface area contributed by atoms with Gasteiger partial charge in [-0.05, 0) is 11.8 Å². The maximum Gasteiger partial charge on any atom is 0.227 e. The summed E-state index contributed by atoms with van der Waals surface area (Å²) in [6.45, 7) is 5.61. The van der Waals surface area contributed by atoms with Gasteiger partial charge in [0.25, 0.3) is 0 Å². The van der Waals surface area contributed by atoms with Crippen molar-refractivity contribution in [3.8, 4) is 0 Å². The molecular weight excluding hydrogens is 218 g/mol. The number of aromatic nitrogens is 2. The Bertz CT molecular complexity index is 400. The number of carbonyl (C=O) groups excluding carboxylic acids is 1. The Morgan fingerprint density at radius 3 is 2.94 bits per heavy atom. The van der Waals surface area contributed by atoms with Crippen molar-refractivity contribution < 1.29 is 9.90 Å². The Labute approximate surface area is 101 Å². The zero-order valence-electron chi connectivity index (χ0n) is 10.3. The van der Waals surface area contributed by atoms with Gasteiger partial charge >= 0.3 is 0 Å². The van der Waals surface area contributed by atoms with Gasteiger partial charge in [0.05, 0.1) is 25.0 Å². The van der Waals surface area contributed by atoms with Gasteiger partial charge in [0.15, 0.2) is 0 Å². The van der Waals surface area contributed by atoms with E-state index < -0.39 is 0 Å². The second-order valence-electron chi connectivity index (χ2n) is 4.90. The van der Waals surface area contributed by atoms with Crippen molar-refractivity contribution in [2.45, 2.75) is 26.8 Å². The molecule has 1 aliphatic rings. The van der Waals surface area contributed by atoms with E-state index in [4.69, 9.17) is 5.11 Å². The zero-order chi connectivity index (χ0) is 12.4. The number of rotatable bonds is 4. The summed E-state index contributed by atoms with van der Waals surface area (Å²) in [4.78, 5) is 13.7. The standard InChI is InChI=1S/C12H19N3O2/c1-9(2)10-5-12(17)15(7-10)11-6-13-14(8-11)3-4-16/h6,8-10,16H,3-5,7H2,1-2H3. The first kappa shape index (κ1) is 12.1. The molecule has 0 aromatic carbocycles. The molecule has 1 saturated heterocycles. The van der Waals surface area contributed by atoms with Gasteiger partial charge in [-0.3, -0.25) is 9.48 Å². The maximum absolute atomic E-state index is 11.9. The minimum atomic E-state index is 0.0592. The second-order valence-corrected chi connectivity index (χ2v) is 4.90. The Morgan fingerprint density at radius 1 is 1.59 bits per heavy atom. The molecule has 0 spiro atoms. The molecule has 1 aromatic heterocycles. The molecule has 1 fully saturated rings. The van der Waals surface area contributed by atoms with Crippen LogP contribution in [0.2, 0.25) is 0 Å². The summed E-state index contributed by atoms with van der Waals surface area (Å²) in [6, 6.07) is 0. The lowest BCUT2D eigenvalue weighted by Gasteiger charge is -2.16. The molecule has 5 heteroatoms. The van der Waals surface area contributed by atoms with Crippen molar-refractivity contribution in [2.24, 2.45) is 11.8 Å². The van der Waals surface area contributed by atoms with Crippen LogP contribution in [0.15, 0.2) is 12.4 Å². The lowest BCUT2D eigenvalue weighted by molar-refractivity contribution is -0.117. The van der Waals surface area contributed by atoms with Crippen LogP contribution >= 0.6 is 0 Å². The molecule has 1 atom stereocenters. The van der Waals surface area contributed by atoms with Crippen LogP contribution in [0.25, 0.3) is 0 Å². The minimum Gasteiger partial charge on any atom is -0.394 e. The van der Waals surface area contributed by atoms with Crippen LogP contribution in [0, 0.1) is 11.8 Å². The van der Waals surface area contributed by atoms with Gasteiger partial charge < -0.3 is 10.0 Å². The van der Waals surface area contributed by atoms with Crippen molar-refractivity contribution in [3.63, 3.8) is 0 Å². The first-order chi connectivity index (χ1) is 8.11. The van der Waals surface area contributed by atoms with Crippen molar-refractivity contribution in [3.05, 3.63) is 12.4 Å². The summed E-state index contributed by atoms with van der Waals surface area (Å²) in [5.41, 5.74) is 0.839. The average molecular weight is 237 g/mol. The van der Waals surface area contributed by atoms with Gasteiger partial charge in [-0.25, -0.2) is 0 Å². The number of carbonyl (C=O) groups is 1. The molecule has 1 unspecified atom stereocenters. The quantitative estimate of drug-likeness (QED) is 0.846. The second kappa shape index (κ2) is 4.87. The third kappa shape index (κ3) is 2.49. The average Bonchev–Trinajstić information content (AvgIpc) is 2.85. The van der Waals surface area contributed by atoms with Gasteiger partial charge in [0.2, 0.25) is 5.91 Å². The number of aliphatic hydroxyl groups excluding tert-OH is 1. The highest BCUT2D eigenvalue weighted by Gasteiger charge is 2.32. The highest BCUT2D eigenvalue weighted by Crippen LogP contribution is 2.28. The van der Waals surface area contributed by atoms with Crippen molar-refractivity contribution in [2.75, 3.05) is 18.1 Å². The van der Waals surface area contributed by atoms with Gasteiger partial charge in [0, 0.05) is 19.2 Å². The van der Waals surface area contributed by atoms with Crippen LogP contribution in [0.1, 0.15) is 20.3 Å². The zero-order valence-corrected chi connectivity index (χ0v) is 10.3. The highest BCUT2D eigenvalue weighted by molar-refractivity contribution is 5.95. The Morgan fingerprint density at radius 2 is 2.35 bits per heavy atom. The molecule has 0 saturated carbocycles. The lowest BCUT2D eigenvalue weighted by atomic mass is 9.95. The molecule has 1 aliphatic heterocycles. The van der Waals surface area contributed by atoms with E-state index in [-0.39, 0.29) is 12.5 Å². The number of hydrogen-bond acceptors (Lipinski definition) is 3. The van der Waals surface area contributed by atoms with E-state index in [0.29, 0.717) is 24.8 Å². The number of aliphatic hydroxyl groups is 1. The molecule has 0 bridgehead atoms. The van der Waals surface area contributed by atoms with Gasteiger partial charge in [-0.1, -0.05) is 13.8 Å². The molecule has 1 aromatic rings. The highest BCUT2D eigenvalue weighted by atomic mass is 16.3. The molecule has 17 heavy (non-hydrogen) atoms. The monoisotopic (exact) mass is 237 g/mol. The molecule has 0 aliphatic carbocycles. The van der Waals surface area contributed by atoms with Gasteiger partial charge in [-0.2, -0.15) is 5.10 Å². The Hall–Kier alpha value is -1.36. The van der Waals surface area contributed by atoms with E-state index in [1.165, 1.54) is 0 Å². The van der Waals surface area contributed by atoms with Crippen molar-refractivity contribution >= 4 is 11.6 Å². The van der Waals surface area contributed by atoms with Crippen molar-refractivity contribution in [1.82, 2.24) is 9.78 Å². The van der Waals surface area contributed by atoms with E-state index in [9.17, 15) is 4.79 Å². The van der Waals surface area contributed by atoms with Gasteiger partial charge in [-0.15, -0.1) is 0 Å². The summed E-state index contributed by atoms with van der Waals surface area (Å²) >= 11 is 0. The normalized spacial score (nSPS) is 20.6. The van der Waals surface area contributed by atoms with Crippen LogP contribution in [-0.4, -0.2) is 33.9 Å². The van der Waals surface area contributed by atoms with Crippen molar-refractivity contribution in [1.29, 1.82) is 0 Å². The maximum atomic E-state index is 11.9. The third-order valence-electron chi connectivity index (χ3n) is 3.36. The van der Waals surface area contributed by atoms with E-state index in [1.54, 1.807) is 15.8 Å². The number of amides is 1. The Balaban J connectivity index is 2.09. The number of anilines is 1. The van der Waals surface area contributed by atoms with Crippen LogP contribution < -0.4 is 4.90 Å². The summed E-state index contributed by atoms with van der Waals surface area (Å²) in [6.07, 6.45) is 4.13. The molecule has 2 heterocycles. The van der Waals surface area contributed by atoms with Gasteiger partial charge in [0.1, 0.15) is 0 Å². The first-order valence-electron chi connectivity index (χ1n) is 6.05. The van der Waals surface area contributed by atoms with Crippen LogP contribution in [0.3, 0.4) is 0 Å². The smallest absolute Gasteiger partial charge is 0.227 e. The number of nitrogens with zero attached hydrogens (tertiary/aromatic N) is 3. The molecule has 94 valence electrons. The fourth-order valence-electron chi connectivity index (χ4n) is 2.15. The van der Waals surface area contributed by atoms with E-state index in [2.05, 4.69) is 18.9 Å². The SMILES string of the molecule is CC(C)C1CC(=O)N(c2cnn(CCO)c2)C1. The summed E-state index contributed by atoms with van der Waals surface area (Å²) < 4.78 is 1.66. The fourth-order valence-corrected chi connectivity index (χ4v) is 2.15. The fraction of sp³-hybridized carbons (Fsp3) is 0.667. The molecule has 1 N–H and O–H groups in total. The van der Waals surface area contributed by atoms with E-state index >= 15 is 0 Å². The largest absolute Gasteiger partial charge is 0.394 e. The molecular formula is C12H19N3O2. The Kier molecular flexibility index (Phi) is 3.47. The van der Waals surface area contributed by atoms with Crippen LogP contribution in [0.5, 0.6) is 0 Å². The van der Waals surface area contributed by atoms with E-state index in [1.807, 2.05) is 6.20 Å². The predicted octanol–water partition coefficient (Wildman–Crippen LogP) is 0.884. The van der Waals surface area contributed by atoms with Crippen LogP contribution in [0.4, 0.5) is 5.69 Å². The minimum absolute atomic E-state index is 0.0592. The summed E-state index contributed by atoms with van der Waals surface area (Å²) in [5.74, 6) is 1.13. The molecule has 5 nitrogen and oxygen atoms in total. The number of hydrogen-bond donors (Lipinski definition) is 1. The summed E-state index contributed by atoms with van der Waals surface area (Å²) in [5, 5.41) is 12.9. The lowest BCUT2D eigenvalue weighted by Crippen LogP contribution is -2.24. The molecule has 1 amide bonds. The molecule has 2 rings (SSSR count). The third-order valence-corrected chi connectivity index (χ3v) is 3.36. The van der Waals surface area contributed by atoms with Crippen LogP contribution in [-0.2, 0) is 11.3 Å². The molecule has 0 radical (unpaired) electrons.